The van der Waals surface area contributed by atoms with Crippen molar-refractivity contribution >= 4 is 38.3 Å². The molecule has 0 radical (unpaired) electrons. The molecule has 0 aliphatic heterocycles. The summed E-state index contributed by atoms with van der Waals surface area (Å²) < 4.78 is 0.869. The van der Waals surface area contributed by atoms with Gasteiger partial charge < -0.3 is 5.32 Å². The van der Waals surface area contributed by atoms with Crippen LogP contribution in [-0.4, -0.2) is 10.9 Å². The maximum absolute atomic E-state index is 10.8. The highest BCUT2D eigenvalue weighted by Gasteiger charge is 2.14. The molecular weight excluding hydrogens is 212 g/mol. The average molecular weight is 219 g/mol. The molecule has 0 spiro atoms. The first-order valence-corrected chi connectivity index (χ1v) is 5.04. The molecule has 0 fully saturated rings. The summed E-state index contributed by atoms with van der Waals surface area (Å²) in [4.78, 5) is 17.9. The maximum atomic E-state index is 10.8. The number of carbonyl (C=O) groups excluding carboxylic acids is 1. The van der Waals surface area contributed by atoms with Crippen molar-refractivity contribution in [3.05, 3.63) is 23.2 Å². The summed E-state index contributed by atoms with van der Waals surface area (Å²) in [6.45, 7) is 1.45. The van der Waals surface area contributed by atoms with Crippen LogP contribution in [0.3, 0.4) is 0 Å². The zero-order chi connectivity index (χ0) is 10.8. The second-order valence-electron chi connectivity index (χ2n) is 2.96. The minimum Gasteiger partial charge on any atom is -0.326 e. The largest absolute Gasteiger partial charge is 0.524 e. The summed E-state index contributed by atoms with van der Waals surface area (Å²) in [6.07, 6.45) is 0. The Morgan fingerprint density at radius 1 is 1.60 bits per heavy atom. The van der Waals surface area contributed by atoms with Crippen LogP contribution in [0.2, 0.25) is 0 Å². The van der Waals surface area contributed by atoms with Gasteiger partial charge in [-0.05, 0) is 34.5 Å². The lowest BCUT2D eigenvalue weighted by atomic mass is 10.3. The lowest BCUT2D eigenvalue weighted by molar-refractivity contribution is -0.114. The molecule has 0 aliphatic rings. The van der Waals surface area contributed by atoms with E-state index in [4.69, 9.17) is 5.39 Å². The third kappa shape index (κ3) is 1.92. The normalized spacial score (nSPS) is 9.87. The van der Waals surface area contributed by atoms with Crippen LogP contribution in [0.5, 0.6) is 0 Å². The van der Waals surface area contributed by atoms with Gasteiger partial charge in [-0.1, -0.05) is 0 Å². The molecule has 1 aromatic heterocycles. The molecule has 0 saturated heterocycles. The third-order valence-electron chi connectivity index (χ3n) is 1.78. The van der Waals surface area contributed by atoms with Crippen molar-refractivity contribution in [2.75, 3.05) is 5.32 Å². The Hall–Kier alpha value is -2.00. The van der Waals surface area contributed by atoms with Crippen molar-refractivity contribution in [3.63, 3.8) is 0 Å². The molecule has 1 amide bonds. The molecule has 15 heavy (non-hydrogen) atoms. The van der Waals surface area contributed by atoms with Gasteiger partial charge in [0.05, 0.1) is 10.1 Å². The van der Waals surface area contributed by atoms with Gasteiger partial charge in [0.15, 0.2) is 5.52 Å². The number of nitrogens with zero attached hydrogens (tertiary/aromatic N) is 3. The molecule has 0 atom stereocenters. The van der Waals surface area contributed by atoms with E-state index in [0.717, 1.165) is 10.2 Å². The van der Waals surface area contributed by atoms with Gasteiger partial charge in [-0.15, -0.1) is 0 Å². The highest BCUT2D eigenvalue weighted by atomic mass is 32.1. The molecule has 2 rings (SSSR count). The maximum Gasteiger partial charge on any atom is 0.524 e. The summed E-state index contributed by atoms with van der Waals surface area (Å²) in [7, 11) is 0. The van der Waals surface area contributed by atoms with Gasteiger partial charge in [0.25, 0.3) is 0 Å². The van der Waals surface area contributed by atoms with E-state index in [1.165, 1.54) is 18.3 Å². The number of aromatic nitrogens is 1. The average Bonchev–Trinajstić information content (AvgIpc) is 2.58. The molecule has 0 unspecified atom stereocenters. The molecule has 5 nitrogen and oxygen atoms in total. The molecular formula is C9H7N4OS+. The van der Waals surface area contributed by atoms with Crippen LogP contribution in [0.25, 0.3) is 15.2 Å². The Labute approximate surface area is 89.4 Å². The number of hydrogen-bond donors (Lipinski definition) is 1. The van der Waals surface area contributed by atoms with Crippen molar-refractivity contribution in [1.29, 1.82) is 5.39 Å². The van der Waals surface area contributed by atoms with E-state index in [0.29, 0.717) is 10.8 Å². The number of amides is 1. The van der Waals surface area contributed by atoms with Gasteiger partial charge in [0.1, 0.15) is 0 Å². The van der Waals surface area contributed by atoms with Crippen LogP contribution < -0.4 is 5.32 Å². The monoisotopic (exact) mass is 219 g/mol. The Balaban J connectivity index is 2.47. The number of carbonyl (C=O) groups is 1. The van der Waals surface area contributed by atoms with Gasteiger partial charge >= 0.3 is 5.13 Å². The molecule has 2 aromatic rings. The minimum absolute atomic E-state index is 0.120. The second-order valence-corrected chi connectivity index (χ2v) is 3.97. The van der Waals surface area contributed by atoms with E-state index in [2.05, 4.69) is 15.3 Å². The van der Waals surface area contributed by atoms with Crippen LogP contribution in [0, 0.1) is 5.39 Å². The molecule has 0 saturated carbocycles. The molecule has 1 heterocycles. The van der Waals surface area contributed by atoms with Crippen LogP contribution in [0.15, 0.2) is 18.2 Å². The fourth-order valence-electron chi connectivity index (χ4n) is 1.24. The van der Waals surface area contributed by atoms with E-state index in [1.807, 2.05) is 0 Å². The Morgan fingerprint density at radius 2 is 2.40 bits per heavy atom. The molecule has 0 bridgehead atoms. The molecule has 0 aliphatic carbocycles. The number of nitrogens with one attached hydrogen (secondary N) is 1. The molecule has 6 heteroatoms. The van der Waals surface area contributed by atoms with E-state index in [-0.39, 0.29) is 5.91 Å². The van der Waals surface area contributed by atoms with E-state index >= 15 is 0 Å². The van der Waals surface area contributed by atoms with Crippen LogP contribution in [-0.2, 0) is 4.79 Å². The van der Waals surface area contributed by atoms with Gasteiger partial charge in [0.2, 0.25) is 5.91 Å². The van der Waals surface area contributed by atoms with Crippen LogP contribution >= 0.6 is 11.3 Å². The molecule has 74 valence electrons. The number of thiazole rings is 1. The number of anilines is 1. The summed E-state index contributed by atoms with van der Waals surface area (Å²) in [5, 5.41) is 11.5. The van der Waals surface area contributed by atoms with Crippen molar-refractivity contribution in [1.82, 2.24) is 4.98 Å². The highest BCUT2D eigenvalue weighted by molar-refractivity contribution is 7.22. The van der Waals surface area contributed by atoms with Gasteiger partial charge in [-0.25, -0.2) is 0 Å². The van der Waals surface area contributed by atoms with E-state index < -0.39 is 0 Å². The number of benzene rings is 1. The fraction of sp³-hybridized carbons (Fsp3) is 0.111. The Morgan fingerprint density at radius 3 is 3.07 bits per heavy atom. The zero-order valence-corrected chi connectivity index (χ0v) is 8.71. The van der Waals surface area contributed by atoms with Crippen molar-refractivity contribution in [3.8, 4) is 0 Å². The summed E-state index contributed by atoms with van der Waals surface area (Å²) in [5.74, 6) is -0.120. The molecule has 1 N–H and O–H groups in total. The van der Waals surface area contributed by atoms with Crippen molar-refractivity contribution < 1.29 is 4.79 Å². The first-order chi connectivity index (χ1) is 7.19. The number of rotatable bonds is 1. The second kappa shape index (κ2) is 3.63. The topological polar surface area (TPSA) is 70.1 Å². The first kappa shape index (κ1) is 9.55. The number of hydrogen-bond acceptors (Lipinski definition) is 4. The lowest BCUT2D eigenvalue weighted by Gasteiger charge is -1.98. The fourth-order valence-corrected chi connectivity index (χ4v) is 2.02. The highest BCUT2D eigenvalue weighted by Crippen LogP contribution is 2.29. The quantitative estimate of drug-likeness (QED) is 0.749. The van der Waals surface area contributed by atoms with E-state index in [9.17, 15) is 4.79 Å². The van der Waals surface area contributed by atoms with Crippen LogP contribution in [0.1, 0.15) is 6.92 Å². The molecule has 1 aromatic carbocycles. The lowest BCUT2D eigenvalue weighted by Crippen LogP contribution is -2.05. The summed E-state index contributed by atoms with van der Waals surface area (Å²) in [5.41, 5.74) is 1.46. The summed E-state index contributed by atoms with van der Waals surface area (Å²) >= 11 is 1.26. The first-order valence-electron chi connectivity index (χ1n) is 4.22. The standard InChI is InChI=1S/C9H6N4OS/c1-5(14)11-6-2-3-7-8(4-6)15-9(12-7)13-10/h2-4H,1H3/p+1. The van der Waals surface area contributed by atoms with Gasteiger partial charge in [0, 0.05) is 17.6 Å². The van der Waals surface area contributed by atoms with Crippen molar-refractivity contribution in [2.45, 2.75) is 6.92 Å². The van der Waals surface area contributed by atoms with Gasteiger partial charge in [-0.3, -0.25) is 4.79 Å². The predicted molar refractivity (Wildman–Crippen MR) is 58.7 cm³/mol. The Bertz CT molecular complexity index is 569. The zero-order valence-electron chi connectivity index (χ0n) is 7.89. The minimum atomic E-state index is -0.120. The number of diazo groups is 1. The van der Waals surface area contributed by atoms with Crippen LogP contribution in [0.4, 0.5) is 10.8 Å². The number of fused-ring (bicyclic) bond motifs is 1. The third-order valence-corrected chi connectivity index (χ3v) is 2.69. The SMILES string of the molecule is CC(=O)Nc1ccc2nc([N+]#N)sc2c1. The van der Waals surface area contributed by atoms with Crippen molar-refractivity contribution in [2.24, 2.45) is 0 Å². The summed E-state index contributed by atoms with van der Waals surface area (Å²) in [6, 6.07) is 5.32. The van der Waals surface area contributed by atoms with Gasteiger partial charge in [-0.2, -0.15) is 0 Å². The Kier molecular flexibility index (Phi) is 2.31. The van der Waals surface area contributed by atoms with E-state index in [1.54, 1.807) is 18.2 Å². The smallest absolute Gasteiger partial charge is 0.326 e. The predicted octanol–water partition coefficient (Wildman–Crippen LogP) is 2.74.